The molecule has 2 heterocycles. The summed E-state index contributed by atoms with van der Waals surface area (Å²) in [4.78, 5) is 2.32. The lowest BCUT2D eigenvalue weighted by Gasteiger charge is -2.43. The van der Waals surface area contributed by atoms with Gasteiger partial charge in [0.05, 0.1) is 12.3 Å². The number of aliphatic hydroxyl groups is 1. The molecule has 2 rings (SSSR count). The highest BCUT2D eigenvalue weighted by Gasteiger charge is 2.30. The van der Waals surface area contributed by atoms with Gasteiger partial charge >= 0.3 is 0 Å². The van der Waals surface area contributed by atoms with E-state index in [1.54, 1.807) is 0 Å². The van der Waals surface area contributed by atoms with E-state index in [-0.39, 0.29) is 6.10 Å². The van der Waals surface area contributed by atoms with Crippen LogP contribution in [0.25, 0.3) is 0 Å². The van der Waals surface area contributed by atoms with Crippen LogP contribution >= 0.6 is 0 Å². The Balaban J connectivity index is 1.76. The molecule has 0 aromatic carbocycles. The summed E-state index contributed by atoms with van der Waals surface area (Å²) in [7, 11) is 0. The van der Waals surface area contributed by atoms with Gasteiger partial charge in [0.15, 0.2) is 0 Å². The molecular weight excluding hydrogens is 140 g/mol. The van der Waals surface area contributed by atoms with Gasteiger partial charge in [-0.15, -0.1) is 0 Å². The van der Waals surface area contributed by atoms with Crippen LogP contribution in [0.1, 0.15) is 19.3 Å². The van der Waals surface area contributed by atoms with E-state index >= 15 is 0 Å². The van der Waals surface area contributed by atoms with Crippen LogP contribution in [0.15, 0.2) is 0 Å². The average Bonchev–Trinajstić information content (AvgIpc) is 2.01. The molecule has 0 aliphatic carbocycles. The lowest BCUT2D eigenvalue weighted by atomic mass is 10.0. The lowest BCUT2D eigenvalue weighted by Crippen LogP contribution is -2.60. The van der Waals surface area contributed by atoms with Crippen molar-refractivity contribution in [1.82, 2.24) is 10.2 Å². The Morgan fingerprint density at radius 2 is 2.09 bits per heavy atom. The maximum Gasteiger partial charge on any atom is 0.0795 e. The summed E-state index contributed by atoms with van der Waals surface area (Å²) >= 11 is 0. The first kappa shape index (κ1) is 7.53. The lowest BCUT2D eigenvalue weighted by molar-refractivity contribution is -0.0397. The molecule has 0 aromatic rings. The Kier molecular flexibility index (Phi) is 2.11. The summed E-state index contributed by atoms with van der Waals surface area (Å²) in [5.74, 6) is 0. The van der Waals surface area contributed by atoms with Crippen LogP contribution in [0.3, 0.4) is 0 Å². The zero-order valence-corrected chi connectivity index (χ0v) is 6.79. The summed E-state index contributed by atoms with van der Waals surface area (Å²) in [5.41, 5.74) is 0. The highest BCUT2D eigenvalue weighted by molar-refractivity contribution is 4.85. The fraction of sp³-hybridized carbons (Fsp3) is 1.00. The number of rotatable bonds is 1. The summed E-state index contributed by atoms with van der Waals surface area (Å²) < 4.78 is 0. The standard InChI is InChI=1S/C8H16N2O/c11-7-5-10(6-7)8-3-1-2-4-9-8/h7-9,11H,1-6H2/t8-/m1/s1. The fourth-order valence-corrected chi connectivity index (χ4v) is 1.89. The number of piperidine rings is 1. The number of aliphatic hydroxyl groups excluding tert-OH is 1. The van der Waals surface area contributed by atoms with Crippen molar-refractivity contribution < 1.29 is 5.11 Å². The van der Waals surface area contributed by atoms with E-state index in [1.165, 1.54) is 19.3 Å². The van der Waals surface area contributed by atoms with Crippen LogP contribution in [-0.2, 0) is 0 Å². The monoisotopic (exact) mass is 156 g/mol. The molecule has 0 amide bonds. The van der Waals surface area contributed by atoms with Crippen LogP contribution in [-0.4, -0.2) is 41.9 Å². The van der Waals surface area contributed by atoms with Gasteiger partial charge < -0.3 is 10.4 Å². The maximum atomic E-state index is 9.08. The van der Waals surface area contributed by atoms with E-state index in [0.717, 1.165) is 19.6 Å². The fourth-order valence-electron chi connectivity index (χ4n) is 1.89. The maximum absolute atomic E-state index is 9.08. The third-order valence-corrected chi connectivity index (χ3v) is 2.62. The van der Waals surface area contributed by atoms with Crippen molar-refractivity contribution in [3.63, 3.8) is 0 Å². The molecule has 1 atom stereocenters. The highest BCUT2D eigenvalue weighted by Crippen LogP contribution is 2.17. The molecular formula is C8H16N2O. The van der Waals surface area contributed by atoms with Gasteiger partial charge in [0.25, 0.3) is 0 Å². The predicted molar refractivity (Wildman–Crippen MR) is 43.2 cm³/mol. The van der Waals surface area contributed by atoms with Gasteiger partial charge in [-0.3, -0.25) is 4.90 Å². The van der Waals surface area contributed by atoms with Gasteiger partial charge in [-0.25, -0.2) is 0 Å². The number of nitrogens with one attached hydrogen (secondary N) is 1. The topological polar surface area (TPSA) is 35.5 Å². The minimum atomic E-state index is -0.0567. The molecule has 11 heavy (non-hydrogen) atoms. The van der Waals surface area contributed by atoms with Crippen molar-refractivity contribution in [3.05, 3.63) is 0 Å². The average molecular weight is 156 g/mol. The van der Waals surface area contributed by atoms with E-state index in [2.05, 4.69) is 10.2 Å². The first-order valence-corrected chi connectivity index (χ1v) is 4.52. The molecule has 64 valence electrons. The number of nitrogens with zero attached hydrogens (tertiary/aromatic N) is 1. The van der Waals surface area contributed by atoms with Gasteiger partial charge in [0, 0.05) is 13.1 Å². The minimum Gasteiger partial charge on any atom is -0.390 e. The summed E-state index contributed by atoms with van der Waals surface area (Å²) in [5, 5.41) is 12.5. The smallest absolute Gasteiger partial charge is 0.0795 e. The third-order valence-electron chi connectivity index (χ3n) is 2.62. The Labute approximate surface area is 67.4 Å². The molecule has 0 unspecified atom stereocenters. The molecule has 0 saturated carbocycles. The quantitative estimate of drug-likeness (QED) is 0.550. The van der Waals surface area contributed by atoms with Crippen LogP contribution in [0.5, 0.6) is 0 Å². The van der Waals surface area contributed by atoms with Gasteiger partial charge in [0.2, 0.25) is 0 Å². The molecule has 3 nitrogen and oxygen atoms in total. The van der Waals surface area contributed by atoms with E-state index < -0.39 is 0 Å². The molecule has 0 aromatic heterocycles. The number of β-amino-alcohol motifs (C(OH)–C–C–N with tert-alkyl or cyclic N) is 1. The molecule has 0 spiro atoms. The summed E-state index contributed by atoms with van der Waals surface area (Å²) in [6, 6.07) is 0. The zero-order valence-electron chi connectivity index (χ0n) is 6.79. The summed E-state index contributed by atoms with van der Waals surface area (Å²) in [6.45, 7) is 2.90. The molecule has 2 N–H and O–H groups in total. The van der Waals surface area contributed by atoms with Gasteiger partial charge in [-0.2, -0.15) is 0 Å². The highest BCUT2D eigenvalue weighted by atomic mass is 16.3. The van der Waals surface area contributed by atoms with Crippen molar-refractivity contribution in [3.8, 4) is 0 Å². The Morgan fingerprint density at radius 1 is 1.27 bits per heavy atom. The van der Waals surface area contributed by atoms with Crippen molar-refractivity contribution in [1.29, 1.82) is 0 Å². The molecule has 2 aliphatic heterocycles. The Hall–Kier alpha value is -0.120. The van der Waals surface area contributed by atoms with Gasteiger partial charge in [0.1, 0.15) is 0 Å². The molecule has 0 bridgehead atoms. The first-order valence-electron chi connectivity index (χ1n) is 4.52. The van der Waals surface area contributed by atoms with E-state index in [0.29, 0.717) is 6.17 Å². The number of hydrogen-bond donors (Lipinski definition) is 2. The number of likely N-dealkylation sites (tertiary alicyclic amines) is 1. The van der Waals surface area contributed by atoms with E-state index in [9.17, 15) is 0 Å². The van der Waals surface area contributed by atoms with Gasteiger partial charge in [-0.1, -0.05) is 0 Å². The second-order valence-electron chi connectivity index (χ2n) is 3.57. The van der Waals surface area contributed by atoms with Crippen LogP contribution in [0.2, 0.25) is 0 Å². The van der Waals surface area contributed by atoms with Crippen molar-refractivity contribution in [2.24, 2.45) is 0 Å². The second-order valence-corrected chi connectivity index (χ2v) is 3.57. The Bertz CT molecular complexity index is 128. The van der Waals surface area contributed by atoms with E-state index in [4.69, 9.17) is 5.11 Å². The molecule has 2 aliphatic rings. The van der Waals surface area contributed by atoms with Crippen LogP contribution in [0, 0.1) is 0 Å². The first-order chi connectivity index (χ1) is 5.36. The van der Waals surface area contributed by atoms with Crippen molar-refractivity contribution in [2.75, 3.05) is 19.6 Å². The predicted octanol–water partition coefficient (Wildman–Crippen LogP) is -0.237. The normalized spacial score (nSPS) is 35.2. The summed E-state index contributed by atoms with van der Waals surface area (Å²) in [6.07, 6.45) is 4.41. The SMILES string of the molecule is OC1CN([C@@H]2CCCCN2)C1. The molecule has 2 fully saturated rings. The molecule has 0 radical (unpaired) electrons. The van der Waals surface area contributed by atoms with Crippen LogP contribution in [0.4, 0.5) is 0 Å². The zero-order chi connectivity index (χ0) is 7.68. The number of hydrogen-bond acceptors (Lipinski definition) is 3. The third kappa shape index (κ3) is 1.55. The van der Waals surface area contributed by atoms with Gasteiger partial charge in [-0.05, 0) is 25.8 Å². The van der Waals surface area contributed by atoms with Crippen molar-refractivity contribution >= 4 is 0 Å². The molecule has 3 heteroatoms. The molecule has 2 saturated heterocycles. The van der Waals surface area contributed by atoms with Crippen LogP contribution < -0.4 is 5.32 Å². The second kappa shape index (κ2) is 3.09. The largest absolute Gasteiger partial charge is 0.390 e. The van der Waals surface area contributed by atoms with Crippen molar-refractivity contribution in [2.45, 2.75) is 31.5 Å². The van der Waals surface area contributed by atoms with E-state index in [1.807, 2.05) is 0 Å². The minimum absolute atomic E-state index is 0.0567. The Morgan fingerprint density at radius 3 is 2.64 bits per heavy atom.